The second-order valence-electron chi connectivity index (χ2n) is 1.62. The summed E-state index contributed by atoms with van der Waals surface area (Å²) in [6, 6.07) is -0.900. The van der Waals surface area contributed by atoms with Crippen molar-refractivity contribution < 1.29 is 9.90 Å². The Morgan fingerprint density at radius 1 is 1.70 bits per heavy atom. The third-order valence-corrected chi connectivity index (χ3v) is 0.881. The second-order valence-corrected chi connectivity index (χ2v) is 1.62. The van der Waals surface area contributed by atoms with Crippen molar-refractivity contribution in [3.63, 3.8) is 0 Å². The van der Waals surface area contributed by atoms with Crippen molar-refractivity contribution in [1.82, 2.24) is 5.01 Å². The van der Waals surface area contributed by atoms with Gasteiger partial charge in [-0.1, -0.05) is 0 Å². The quantitative estimate of drug-likeness (QED) is 0.411. The number of carbonyl (C=O) groups is 1. The molecule has 0 rings (SSSR count). The van der Waals surface area contributed by atoms with Gasteiger partial charge in [-0.2, -0.15) is 5.01 Å². The summed E-state index contributed by atoms with van der Waals surface area (Å²) >= 11 is 0. The number of carbonyl (C=O) groups excluding carboxylic acids is 1. The number of rotatable bonds is 4. The molecule has 0 aromatic rings. The molecular weight excluding hydrogens is 138 g/mol. The van der Waals surface area contributed by atoms with Crippen LogP contribution in [0.2, 0.25) is 0 Å². The van der Waals surface area contributed by atoms with Crippen LogP contribution in [0.1, 0.15) is 6.42 Å². The highest BCUT2D eigenvalue weighted by molar-refractivity contribution is 5.71. The van der Waals surface area contributed by atoms with Crippen LogP contribution in [0.25, 0.3) is 0 Å². The van der Waals surface area contributed by atoms with Crippen LogP contribution in [0.4, 0.5) is 4.79 Å². The van der Waals surface area contributed by atoms with E-state index in [1.165, 1.54) is 0 Å². The van der Waals surface area contributed by atoms with Gasteiger partial charge in [0.05, 0.1) is 11.8 Å². The van der Waals surface area contributed by atoms with E-state index in [4.69, 9.17) is 10.8 Å². The molecule has 0 spiro atoms. The molecule has 0 saturated carbocycles. The molecular formula is C4H9N3O3. The summed E-state index contributed by atoms with van der Waals surface area (Å²) in [4.78, 5) is 20.0. The lowest BCUT2D eigenvalue weighted by Gasteiger charge is -2.07. The van der Waals surface area contributed by atoms with Crippen molar-refractivity contribution in [3.8, 4) is 0 Å². The number of aliphatic hydroxyl groups is 1. The molecule has 0 atom stereocenters. The van der Waals surface area contributed by atoms with Gasteiger partial charge in [0.1, 0.15) is 0 Å². The van der Waals surface area contributed by atoms with Crippen LogP contribution in [0.15, 0.2) is 5.29 Å². The van der Waals surface area contributed by atoms with Crippen molar-refractivity contribution in [3.05, 3.63) is 4.91 Å². The minimum atomic E-state index is -0.900. The first-order chi connectivity index (χ1) is 4.72. The summed E-state index contributed by atoms with van der Waals surface area (Å²) < 4.78 is 0. The van der Waals surface area contributed by atoms with E-state index in [1.54, 1.807) is 0 Å². The Morgan fingerprint density at radius 2 is 2.30 bits per heavy atom. The average molecular weight is 147 g/mol. The topological polar surface area (TPSA) is 96.0 Å². The number of primary amides is 1. The molecule has 0 fully saturated rings. The van der Waals surface area contributed by atoms with Crippen molar-refractivity contribution >= 4 is 6.03 Å². The molecule has 0 unspecified atom stereocenters. The van der Waals surface area contributed by atoms with Gasteiger partial charge in [-0.05, 0) is 6.42 Å². The zero-order valence-electron chi connectivity index (χ0n) is 5.36. The summed E-state index contributed by atoms with van der Waals surface area (Å²) in [6.07, 6.45) is 0.300. The molecule has 0 aliphatic carbocycles. The van der Waals surface area contributed by atoms with E-state index in [2.05, 4.69) is 5.29 Å². The number of nitrogens with two attached hydrogens (primary N) is 1. The van der Waals surface area contributed by atoms with E-state index in [0.717, 1.165) is 0 Å². The molecule has 0 aromatic carbocycles. The predicted molar refractivity (Wildman–Crippen MR) is 33.8 cm³/mol. The SMILES string of the molecule is NC(=O)N(CCCO)N=O. The van der Waals surface area contributed by atoms with Crippen LogP contribution in [0.5, 0.6) is 0 Å². The molecule has 0 heterocycles. The van der Waals surface area contributed by atoms with E-state index in [0.29, 0.717) is 11.4 Å². The normalized spacial score (nSPS) is 8.90. The second kappa shape index (κ2) is 4.68. The van der Waals surface area contributed by atoms with Gasteiger partial charge in [-0.15, -0.1) is 4.91 Å². The van der Waals surface area contributed by atoms with Crippen molar-refractivity contribution in [2.75, 3.05) is 13.2 Å². The summed E-state index contributed by atoms with van der Waals surface area (Å²) in [7, 11) is 0. The van der Waals surface area contributed by atoms with Gasteiger partial charge in [0, 0.05) is 6.61 Å². The number of aliphatic hydroxyl groups excluding tert-OH is 1. The van der Waals surface area contributed by atoms with E-state index in [1.807, 2.05) is 0 Å². The third-order valence-electron chi connectivity index (χ3n) is 0.881. The van der Waals surface area contributed by atoms with E-state index in [9.17, 15) is 9.70 Å². The zero-order valence-corrected chi connectivity index (χ0v) is 5.36. The van der Waals surface area contributed by atoms with Gasteiger partial charge in [0.2, 0.25) is 0 Å². The van der Waals surface area contributed by atoms with E-state index >= 15 is 0 Å². The number of hydrogen-bond donors (Lipinski definition) is 2. The average Bonchev–Trinajstić information content (AvgIpc) is 1.89. The van der Waals surface area contributed by atoms with Gasteiger partial charge in [-0.3, -0.25) is 0 Å². The zero-order chi connectivity index (χ0) is 7.98. The largest absolute Gasteiger partial charge is 0.396 e. The Kier molecular flexibility index (Phi) is 4.14. The molecule has 0 saturated heterocycles. The minimum Gasteiger partial charge on any atom is -0.396 e. The molecule has 10 heavy (non-hydrogen) atoms. The van der Waals surface area contributed by atoms with Crippen LogP contribution in [-0.2, 0) is 0 Å². The van der Waals surface area contributed by atoms with Gasteiger partial charge < -0.3 is 10.8 Å². The number of urea groups is 1. The number of nitroso groups, excluding NO2 is 1. The Balaban J connectivity index is 3.60. The first-order valence-electron chi connectivity index (χ1n) is 2.73. The standard InChI is InChI=1S/C4H9N3O3/c5-4(9)7(6-10)2-1-3-8/h8H,1-3H2,(H2,5,9). The molecule has 0 aliphatic rings. The highest BCUT2D eigenvalue weighted by Gasteiger charge is 2.07. The maximum absolute atomic E-state index is 10.2. The summed E-state index contributed by atoms with van der Waals surface area (Å²) in [5.41, 5.74) is 4.70. The third kappa shape index (κ3) is 2.98. The maximum Gasteiger partial charge on any atom is 0.337 e. The van der Waals surface area contributed by atoms with Gasteiger partial charge >= 0.3 is 6.03 Å². The van der Waals surface area contributed by atoms with Crippen LogP contribution in [-0.4, -0.2) is 29.3 Å². The summed E-state index contributed by atoms with van der Waals surface area (Å²) in [6.45, 7) is -0.0331. The van der Waals surface area contributed by atoms with Gasteiger partial charge in [0.25, 0.3) is 0 Å². The van der Waals surface area contributed by atoms with Gasteiger partial charge in [0.15, 0.2) is 0 Å². The number of hydrogen-bond acceptors (Lipinski definition) is 4. The highest BCUT2D eigenvalue weighted by atomic mass is 16.3. The lowest BCUT2D eigenvalue weighted by Crippen LogP contribution is -2.31. The minimum absolute atomic E-state index is 0.0648. The van der Waals surface area contributed by atoms with Gasteiger partial charge in [-0.25, -0.2) is 4.79 Å². The molecule has 6 heteroatoms. The fraction of sp³-hybridized carbons (Fsp3) is 0.750. The predicted octanol–water partition coefficient (Wildman–Crippen LogP) is -0.569. The van der Waals surface area contributed by atoms with Crippen molar-refractivity contribution in [2.24, 2.45) is 11.0 Å². The first-order valence-corrected chi connectivity index (χ1v) is 2.73. The monoisotopic (exact) mass is 147 g/mol. The Bertz CT molecular complexity index is 127. The molecule has 2 amide bonds. The Morgan fingerprint density at radius 3 is 2.60 bits per heavy atom. The van der Waals surface area contributed by atoms with E-state index in [-0.39, 0.29) is 13.2 Å². The highest BCUT2D eigenvalue weighted by Crippen LogP contribution is 1.89. The molecule has 0 aliphatic heterocycles. The Labute approximate surface area is 57.6 Å². The van der Waals surface area contributed by atoms with Crippen LogP contribution >= 0.6 is 0 Å². The molecule has 6 nitrogen and oxygen atoms in total. The Hall–Kier alpha value is -1.17. The smallest absolute Gasteiger partial charge is 0.337 e. The maximum atomic E-state index is 10.2. The first kappa shape index (κ1) is 8.83. The fourth-order valence-corrected chi connectivity index (χ4v) is 0.412. The van der Waals surface area contributed by atoms with Crippen LogP contribution in [0, 0.1) is 4.91 Å². The molecule has 0 radical (unpaired) electrons. The van der Waals surface area contributed by atoms with Crippen LogP contribution < -0.4 is 5.73 Å². The number of nitrogens with zero attached hydrogens (tertiary/aromatic N) is 2. The number of amides is 2. The summed E-state index contributed by atoms with van der Waals surface area (Å²) in [5, 5.41) is 11.1. The molecule has 3 N–H and O–H groups in total. The van der Waals surface area contributed by atoms with Crippen molar-refractivity contribution in [1.29, 1.82) is 0 Å². The van der Waals surface area contributed by atoms with Crippen molar-refractivity contribution in [2.45, 2.75) is 6.42 Å². The molecule has 0 bridgehead atoms. The molecule has 58 valence electrons. The molecule has 0 aromatic heterocycles. The van der Waals surface area contributed by atoms with E-state index < -0.39 is 6.03 Å². The fourth-order valence-electron chi connectivity index (χ4n) is 0.412. The lowest BCUT2D eigenvalue weighted by atomic mass is 10.4. The lowest BCUT2D eigenvalue weighted by molar-refractivity contribution is 0.200. The summed E-state index contributed by atoms with van der Waals surface area (Å²) in [5.74, 6) is 0. The van der Waals surface area contributed by atoms with Crippen LogP contribution in [0.3, 0.4) is 0 Å².